The van der Waals surface area contributed by atoms with Crippen molar-refractivity contribution in [3.63, 3.8) is 0 Å². The van der Waals surface area contributed by atoms with E-state index in [-0.39, 0.29) is 6.10 Å². The molecular weight excluding hydrogens is 228 g/mol. The van der Waals surface area contributed by atoms with Crippen LogP contribution in [0.2, 0.25) is 0 Å². The first-order valence-corrected chi connectivity index (χ1v) is 6.78. The van der Waals surface area contributed by atoms with E-state index in [9.17, 15) is 0 Å². The number of nitrogens with zero attached hydrogens (tertiary/aromatic N) is 1. The van der Waals surface area contributed by atoms with E-state index in [1.165, 1.54) is 5.56 Å². The average Bonchev–Trinajstić information content (AvgIpc) is 2.39. The van der Waals surface area contributed by atoms with E-state index in [4.69, 9.17) is 15.2 Å². The Labute approximate surface area is 107 Å². The number of pyridine rings is 1. The monoisotopic (exact) mass is 248 g/mol. The molecule has 1 aromatic rings. The Morgan fingerprint density at radius 2 is 2.06 bits per heavy atom. The van der Waals surface area contributed by atoms with Crippen LogP contribution in [-0.2, 0) is 4.74 Å². The smallest absolute Gasteiger partial charge is 0.217 e. The molecule has 1 aromatic heterocycles. The van der Waals surface area contributed by atoms with Gasteiger partial charge in [0, 0.05) is 31.0 Å². The molecule has 0 bridgehead atoms. The topological polar surface area (TPSA) is 57.4 Å². The van der Waals surface area contributed by atoms with Crippen LogP contribution in [0.5, 0.6) is 5.88 Å². The Hall–Kier alpha value is -1.13. The van der Waals surface area contributed by atoms with Crippen LogP contribution in [0.25, 0.3) is 0 Å². The first-order valence-electron chi connectivity index (χ1n) is 6.78. The molecule has 2 N–H and O–H groups in total. The zero-order chi connectivity index (χ0) is 12.4. The van der Waals surface area contributed by atoms with E-state index >= 15 is 0 Å². The maximum absolute atomic E-state index is 5.97. The van der Waals surface area contributed by atoms with Crippen LogP contribution in [0.4, 0.5) is 0 Å². The molecule has 1 saturated carbocycles. The molecule has 2 heterocycles. The number of hydrogen-bond donors (Lipinski definition) is 1. The largest absolute Gasteiger partial charge is 0.474 e. The van der Waals surface area contributed by atoms with E-state index in [0.29, 0.717) is 12.0 Å². The van der Waals surface area contributed by atoms with E-state index in [0.717, 1.165) is 44.8 Å². The minimum Gasteiger partial charge on any atom is -0.474 e. The van der Waals surface area contributed by atoms with Gasteiger partial charge in [0.05, 0.1) is 0 Å². The van der Waals surface area contributed by atoms with Crippen LogP contribution >= 0.6 is 0 Å². The van der Waals surface area contributed by atoms with Gasteiger partial charge in [-0.3, -0.25) is 0 Å². The molecule has 4 nitrogen and oxygen atoms in total. The van der Waals surface area contributed by atoms with Crippen molar-refractivity contribution in [3.05, 3.63) is 23.9 Å². The number of ether oxygens (including phenoxy) is 2. The van der Waals surface area contributed by atoms with E-state index in [1.807, 2.05) is 6.07 Å². The summed E-state index contributed by atoms with van der Waals surface area (Å²) in [7, 11) is 0. The fourth-order valence-electron chi connectivity index (χ4n) is 2.68. The molecule has 1 aliphatic carbocycles. The summed E-state index contributed by atoms with van der Waals surface area (Å²) >= 11 is 0. The molecule has 1 aliphatic heterocycles. The predicted octanol–water partition coefficient (Wildman–Crippen LogP) is 1.84. The molecule has 1 saturated heterocycles. The Morgan fingerprint density at radius 3 is 2.78 bits per heavy atom. The molecule has 0 unspecified atom stereocenters. The van der Waals surface area contributed by atoms with Crippen molar-refractivity contribution >= 4 is 0 Å². The number of aromatic nitrogens is 1. The molecule has 18 heavy (non-hydrogen) atoms. The molecule has 0 spiro atoms. The third-order valence-electron chi connectivity index (χ3n) is 3.87. The van der Waals surface area contributed by atoms with E-state index in [2.05, 4.69) is 11.1 Å². The summed E-state index contributed by atoms with van der Waals surface area (Å²) in [6.45, 7) is 1.68. The molecule has 0 radical (unpaired) electrons. The van der Waals surface area contributed by atoms with Crippen LogP contribution in [-0.4, -0.2) is 30.3 Å². The summed E-state index contributed by atoms with van der Waals surface area (Å²) in [6.07, 6.45) is 6.08. The SMILES string of the molecule is NC1CC(Oc2ncccc2C2CCOCC2)C1. The lowest BCUT2D eigenvalue weighted by atomic mass is 9.89. The zero-order valence-corrected chi connectivity index (χ0v) is 10.5. The Balaban J connectivity index is 1.72. The highest BCUT2D eigenvalue weighted by Crippen LogP contribution is 2.34. The second-order valence-corrected chi connectivity index (χ2v) is 5.26. The molecule has 2 fully saturated rings. The summed E-state index contributed by atoms with van der Waals surface area (Å²) in [4.78, 5) is 4.40. The first kappa shape index (κ1) is 11.9. The number of rotatable bonds is 3. The van der Waals surface area contributed by atoms with Gasteiger partial charge in [0.2, 0.25) is 5.88 Å². The lowest BCUT2D eigenvalue weighted by Gasteiger charge is -2.33. The van der Waals surface area contributed by atoms with Crippen molar-refractivity contribution in [2.45, 2.75) is 43.7 Å². The average molecular weight is 248 g/mol. The highest BCUT2D eigenvalue weighted by atomic mass is 16.5. The molecule has 0 aromatic carbocycles. The van der Waals surface area contributed by atoms with Crippen molar-refractivity contribution in [1.29, 1.82) is 0 Å². The third-order valence-corrected chi connectivity index (χ3v) is 3.87. The molecule has 0 amide bonds. The summed E-state index contributed by atoms with van der Waals surface area (Å²) in [5.41, 5.74) is 7.02. The van der Waals surface area contributed by atoms with Gasteiger partial charge in [-0.15, -0.1) is 0 Å². The normalized spacial score (nSPS) is 28.7. The standard InChI is InChI=1S/C14H20N2O2/c15-11-8-12(9-11)18-14-13(2-1-5-16-14)10-3-6-17-7-4-10/h1-2,5,10-12H,3-4,6-9,15H2. The summed E-state index contributed by atoms with van der Waals surface area (Å²) in [5, 5.41) is 0. The van der Waals surface area contributed by atoms with Gasteiger partial charge < -0.3 is 15.2 Å². The minimum absolute atomic E-state index is 0.258. The van der Waals surface area contributed by atoms with Gasteiger partial charge in [-0.05, 0) is 37.7 Å². The maximum Gasteiger partial charge on any atom is 0.217 e. The second-order valence-electron chi connectivity index (χ2n) is 5.26. The molecule has 98 valence electrons. The zero-order valence-electron chi connectivity index (χ0n) is 10.5. The van der Waals surface area contributed by atoms with Crippen molar-refractivity contribution in [2.24, 2.45) is 5.73 Å². The van der Waals surface area contributed by atoms with E-state index in [1.54, 1.807) is 6.20 Å². The first-order chi connectivity index (χ1) is 8.83. The van der Waals surface area contributed by atoms with Gasteiger partial charge >= 0.3 is 0 Å². The van der Waals surface area contributed by atoms with Crippen LogP contribution in [0.1, 0.15) is 37.2 Å². The summed E-state index contributed by atoms with van der Waals surface area (Å²) < 4.78 is 11.4. The van der Waals surface area contributed by atoms with E-state index < -0.39 is 0 Å². The molecular formula is C14H20N2O2. The van der Waals surface area contributed by atoms with Crippen molar-refractivity contribution in [3.8, 4) is 5.88 Å². The quantitative estimate of drug-likeness (QED) is 0.886. The van der Waals surface area contributed by atoms with Crippen molar-refractivity contribution < 1.29 is 9.47 Å². The van der Waals surface area contributed by atoms with Gasteiger partial charge in [0.25, 0.3) is 0 Å². The molecule has 4 heteroatoms. The summed E-state index contributed by atoms with van der Waals surface area (Å²) in [6, 6.07) is 4.44. The summed E-state index contributed by atoms with van der Waals surface area (Å²) in [5.74, 6) is 1.33. The fourth-order valence-corrected chi connectivity index (χ4v) is 2.68. The highest BCUT2D eigenvalue weighted by molar-refractivity contribution is 5.30. The van der Waals surface area contributed by atoms with Gasteiger partial charge in [-0.1, -0.05) is 6.07 Å². The van der Waals surface area contributed by atoms with Gasteiger partial charge in [-0.25, -0.2) is 4.98 Å². The molecule has 0 atom stereocenters. The maximum atomic E-state index is 5.97. The number of nitrogens with two attached hydrogens (primary N) is 1. The van der Waals surface area contributed by atoms with Crippen molar-refractivity contribution in [2.75, 3.05) is 13.2 Å². The second kappa shape index (κ2) is 5.24. The highest BCUT2D eigenvalue weighted by Gasteiger charge is 2.29. The van der Waals surface area contributed by atoms with Crippen LogP contribution < -0.4 is 10.5 Å². The lowest BCUT2D eigenvalue weighted by Crippen LogP contribution is -2.43. The van der Waals surface area contributed by atoms with Crippen molar-refractivity contribution in [1.82, 2.24) is 4.98 Å². The van der Waals surface area contributed by atoms with Crippen LogP contribution in [0.3, 0.4) is 0 Å². The fraction of sp³-hybridized carbons (Fsp3) is 0.643. The molecule has 3 rings (SSSR count). The number of hydrogen-bond acceptors (Lipinski definition) is 4. The van der Waals surface area contributed by atoms with Gasteiger partial charge in [-0.2, -0.15) is 0 Å². The predicted molar refractivity (Wildman–Crippen MR) is 68.7 cm³/mol. The Morgan fingerprint density at radius 1 is 1.28 bits per heavy atom. The van der Waals surface area contributed by atoms with Crippen LogP contribution in [0.15, 0.2) is 18.3 Å². The van der Waals surface area contributed by atoms with Gasteiger partial charge in [0.1, 0.15) is 6.10 Å². The van der Waals surface area contributed by atoms with Gasteiger partial charge in [0.15, 0.2) is 0 Å². The molecule has 2 aliphatic rings. The van der Waals surface area contributed by atoms with Crippen LogP contribution in [0, 0.1) is 0 Å². The minimum atomic E-state index is 0.258. The lowest BCUT2D eigenvalue weighted by molar-refractivity contribution is 0.0778. The third kappa shape index (κ3) is 2.49. The Bertz CT molecular complexity index is 399. The Kier molecular flexibility index (Phi) is 3.48.